The zero-order chi connectivity index (χ0) is 13.6. The van der Waals surface area contributed by atoms with E-state index in [9.17, 15) is 0 Å². The van der Waals surface area contributed by atoms with Crippen LogP contribution in [0.2, 0.25) is 0 Å². The van der Waals surface area contributed by atoms with E-state index >= 15 is 0 Å². The van der Waals surface area contributed by atoms with Gasteiger partial charge in [-0.1, -0.05) is 26.1 Å². The molecule has 0 fully saturated rings. The molecule has 0 aliphatic heterocycles. The number of hydrogen-bond donors (Lipinski definition) is 2. The number of hydrogen-bond acceptors (Lipinski definition) is 5. The molecule has 1 rings (SSSR count). The van der Waals surface area contributed by atoms with Gasteiger partial charge in [-0.3, -0.25) is 0 Å². The zero-order valence-corrected chi connectivity index (χ0v) is 11.9. The standard InChI is InChI=1S/C12H20N4OS/c1-12(2,4-7-17-3)8-16-11-9(10(13)18)14-5-6-15-11/h5-6H,4,7-8H2,1-3H3,(H2,13,18)(H,15,16). The first-order valence-corrected chi connectivity index (χ1v) is 6.21. The van der Waals surface area contributed by atoms with Crippen molar-refractivity contribution >= 4 is 23.0 Å². The first kappa shape index (κ1) is 14.8. The molecule has 100 valence electrons. The van der Waals surface area contributed by atoms with Crippen LogP contribution in [0.1, 0.15) is 26.0 Å². The Morgan fingerprint density at radius 3 is 2.72 bits per heavy atom. The van der Waals surface area contributed by atoms with Crippen LogP contribution in [0.25, 0.3) is 0 Å². The lowest BCUT2D eigenvalue weighted by Crippen LogP contribution is -2.26. The van der Waals surface area contributed by atoms with Crippen molar-refractivity contribution in [2.75, 3.05) is 25.6 Å². The topological polar surface area (TPSA) is 73.1 Å². The second kappa shape index (κ2) is 6.61. The molecule has 1 heterocycles. The Morgan fingerprint density at radius 1 is 1.44 bits per heavy atom. The molecule has 0 saturated heterocycles. The molecule has 0 aliphatic rings. The van der Waals surface area contributed by atoms with Crippen LogP contribution in [-0.2, 0) is 4.74 Å². The fourth-order valence-electron chi connectivity index (χ4n) is 1.44. The summed E-state index contributed by atoms with van der Waals surface area (Å²) in [5.41, 5.74) is 6.24. The van der Waals surface area contributed by atoms with Crippen molar-refractivity contribution in [3.63, 3.8) is 0 Å². The van der Waals surface area contributed by atoms with Crippen LogP contribution >= 0.6 is 12.2 Å². The molecule has 0 bridgehead atoms. The Kier molecular flexibility index (Phi) is 5.43. The van der Waals surface area contributed by atoms with Gasteiger partial charge >= 0.3 is 0 Å². The number of nitrogens with two attached hydrogens (primary N) is 1. The van der Waals surface area contributed by atoms with Crippen molar-refractivity contribution < 1.29 is 4.74 Å². The molecule has 3 N–H and O–H groups in total. The van der Waals surface area contributed by atoms with Gasteiger partial charge in [0.25, 0.3) is 0 Å². The number of methoxy groups -OCH3 is 1. The van der Waals surface area contributed by atoms with E-state index in [1.165, 1.54) is 0 Å². The number of nitrogens with one attached hydrogen (secondary N) is 1. The van der Waals surface area contributed by atoms with E-state index in [0.29, 0.717) is 11.5 Å². The molecular weight excluding hydrogens is 248 g/mol. The van der Waals surface area contributed by atoms with Crippen molar-refractivity contribution in [2.24, 2.45) is 11.1 Å². The number of aromatic nitrogens is 2. The summed E-state index contributed by atoms with van der Waals surface area (Å²) in [6.45, 7) is 5.81. The summed E-state index contributed by atoms with van der Waals surface area (Å²) >= 11 is 4.94. The van der Waals surface area contributed by atoms with Crippen molar-refractivity contribution in [3.8, 4) is 0 Å². The number of ether oxygens (including phenoxy) is 1. The maximum absolute atomic E-state index is 5.60. The summed E-state index contributed by atoms with van der Waals surface area (Å²) in [5, 5.41) is 3.25. The molecule has 18 heavy (non-hydrogen) atoms. The molecule has 0 aliphatic carbocycles. The van der Waals surface area contributed by atoms with Crippen molar-refractivity contribution in [2.45, 2.75) is 20.3 Å². The van der Waals surface area contributed by atoms with Crippen LogP contribution in [0.5, 0.6) is 0 Å². The highest BCUT2D eigenvalue weighted by molar-refractivity contribution is 7.80. The van der Waals surface area contributed by atoms with E-state index in [-0.39, 0.29) is 10.4 Å². The predicted octanol–water partition coefficient (Wildman–Crippen LogP) is 1.59. The Hall–Kier alpha value is -1.27. The van der Waals surface area contributed by atoms with E-state index in [0.717, 1.165) is 19.6 Å². The first-order chi connectivity index (χ1) is 8.46. The third kappa shape index (κ3) is 4.54. The first-order valence-electron chi connectivity index (χ1n) is 5.80. The van der Waals surface area contributed by atoms with Crippen LogP contribution in [-0.4, -0.2) is 35.2 Å². The van der Waals surface area contributed by atoms with Gasteiger partial charge in [0, 0.05) is 32.7 Å². The molecule has 0 unspecified atom stereocenters. The van der Waals surface area contributed by atoms with Crippen LogP contribution < -0.4 is 11.1 Å². The third-order valence-electron chi connectivity index (χ3n) is 2.65. The third-order valence-corrected chi connectivity index (χ3v) is 2.84. The van der Waals surface area contributed by atoms with E-state index in [2.05, 4.69) is 29.1 Å². The number of rotatable bonds is 7. The molecule has 0 aromatic carbocycles. The second-order valence-electron chi connectivity index (χ2n) is 4.88. The van der Waals surface area contributed by atoms with Gasteiger partial charge in [0.15, 0.2) is 5.82 Å². The summed E-state index contributed by atoms with van der Waals surface area (Å²) in [6, 6.07) is 0. The minimum absolute atomic E-state index is 0.0982. The van der Waals surface area contributed by atoms with E-state index in [4.69, 9.17) is 22.7 Å². The lowest BCUT2D eigenvalue weighted by Gasteiger charge is -2.25. The average molecular weight is 268 g/mol. The van der Waals surface area contributed by atoms with E-state index in [1.54, 1.807) is 19.5 Å². The average Bonchev–Trinajstić information content (AvgIpc) is 2.34. The molecule has 0 saturated carbocycles. The van der Waals surface area contributed by atoms with Crippen molar-refractivity contribution in [3.05, 3.63) is 18.1 Å². The van der Waals surface area contributed by atoms with Crippen LogP contribution in [0, 0.1) is 5.41 Å². The SMILES string of the molecule is COCCC(C)(C)CNc1nccnc1C(N)=S. The van der Waals surface area contributed by atoms with Gasteiger partial charge in [-0.05, 0) is 11.8 Å². The van der Waals surface area contributed by atoms with Gasteiger partial charge in [-0.25, -0.2) is 9.97 Å². The molecular formula is C12H20N4OS. The zero-order valence-electron chi connectivity index (χ0n) is 11.1. The molecule has 6 heteroatoms. The summed E-state index contributed by atoms with van der Waals surface area (Å²) in [4.78, 5) is 8.59. The monoisotopic (exact) mass is 268 g/mol. The molecule has 1 aromatic heterocycles. The summed E-state index contributed by atoms with van der Waals surface area (Å²) in [7, 11) is 1.71. The Balaban J connectivity index is 2.65. The van der Waals surface area contributed by atoms with Gasteiger partial charge in [0.2, 0.25) is 0 Å². The van der Waals surface area contributed by atoms with E-state index in [1.807, 2.05) is 0 Å². The summed E-state index contributed by atoms with van der Waals surface area (Å²) in [5.74, 6) is 0.635. The largest absolute Gasteiger partial charge is 0.388 e. The lowest BCUT2D eigenvalue weighted by atomic mass is 9.90. The predicted molar refractivity (Wildman–Crippen MR) is 76.7 cm³/mol. The minimum Gasteiger partial charge on any atom is -0.388 e. The Labute approximate surface area is 113 Å². The highest BCUT2D eigenvalue weighted by atomic mass is 32.1. The smallest absolute Gasteiger partial charge is 0.155 e. The normalized spacial score (nSPS) is 11.3. The highest BCUT2D eigenvalue weighted by Gasteiger charge is 2.18. The highest BCUT2D eigenvalue weighted by Crippen LogP contribution is 2.21. The maximum Gasteiger partial charge on any atom is 0.155 e. The van der Waals surface area contributed by atoms with Gasteiger partial charge < -0.3 is 15.8 Å². The molecule has 1 aromatic rings. The second-order valence-corrected chi connectivity index (χ2v) is 5.32. The van der Waals surface area contributed by atoms with Crippen molar-refractivity contribution in [1.82, 2.24) is 9.97 Å². The van der Waals surface area contributed by atoms with Crippen molar-refractivity contribution in [1.29, 1.82) is 0 Å². The van der Waals surface area contributed by atoms with E-state index < -0.39 is 0 Å². The lowest BCUT2D eigenvalue weighted by molar-refractivity contribution is 0.157. The fraction of sp³-hybridized carbons (Fsp3) is 0.583. The molecule has 0 atom stereocenters. The summed E-state index contributed by atoms with van der Waals surface area (Å²) < 4.78 is 5.10. The number of anilines is 1. The Bertz CT molecular complexity index is 409. The quantitative estimate of drug-likeness (QED) is 0.732. The van der Waals surface area contributed by atoms with Gasteiger partial charge in [-0.15, -0.1) is 0 Å². The molecule has 0 amide bonds. The van der Waals surface area contributed by atoms with Crippen LogP contribution in [0.4, 0.5) is 5.82 Å². The summed E-state index contributed by atoms with van der Waals surface area (Å²) in [6.07, 6.45) is 4.15. The fourth-order valence-corrected chi connectivity index (χ4v) is 1.59. The van der Waals surface area contributed by atoms with Crippen LogP contribution in [0.15, 0.2) is 12.4 Å². The van der Waals surface area contributed by atoms with Gasteiger partial charge in [0.05, 0.1) is 0 Å². The number of thiocarbonyl (C=S) groups is 1. The number of nitrogens with zero attached hydrogens (tertiary/aromatic N) is 2. The van der Waals surface area contributed by atoms with Gasteiger partial charge in [0.1, 0.15) is 10.7 Å². The maximum atomic E-state index is 5.60. The van der Waals surface area contributed by atoms with Crippen LogP contribution in [0.3, 0.4) is 0 Å². The molecule has 0 radical (unpaired) electrons. The minimum atomic E-state index is 0.0982. The molecule has 0 spiro atoms. The molecule has 5 nitrogen and oxygen atoms in total. The van der Waals surface area contributed by atoms with Gasteiger partial charge in [-0.2, -0.15) is 0 Å². The Morgan fingerprint density at radius 2 is 2.11 bits per heavy atom.